The molecule has 1 saturated heterocycles. The summed E-state index contributed by atoms with van der Waals surface area (Å²) in [5.74, 6) is 0.921. The first-order valence-corrected chi connectivity index (χ1v) is 5.19. The molecule has 0 N–H and O–H groups in total. The summed E-state index contributed by atoms with van der Waals surface area (Å²) in [5, 5.41) is 0. The molecule has 0 amide bonds. The van der Waals surface area contributed by atoms with Gasteiger partial charge in [-0.05, 0) is 18.8 Å². The van der Waals surface area contributed by atoms with Crippen LogP contribution in [0.25, 0.3) is 0 Å². The van der Waals surface area contributed by atoms with Crippen molar-refractivity contribution in [3.05, 3.63) is 0 Å². The van der Waals surface area contributed by atoms with E-state index in [1.165, 1.54) is 38.6 Å². The topological polar surface area (TPSA) is 21.7 Å². The molecule has 1 fully saturated rings. The highest BCUT2D eigenvalue weighted by molar-refractivity contribution is 7.92. The van der Waals surface area contributed by atoms with Crippen LogP contribution in [0, 0.1) is 5.92 Å². The van der Waals surface area contributed by atoms with Crippen LogP contribution in [0.4, 0.5) is 0 Å². The Balaban J connectivity index is 2.09. The van der Waals surface area contributed by atoms with Crippen LogP contribution in [0.3, 0.4) is 0 Å². The summed E-state index contributed by atoms with van der Waals surface area (Å²) in [6, 6.07) is 0. The molecular formula is C8H17NO2S. The van der Waals surface area contributed by atoms with Crippen molar-refractivity contribution in [3.8, 4) is 0 Å². The SMILES string of the molecule is CCC1CCN(SOOC)CC1. The van der Waals surface area contributed by atoms with Crippen LogP contribution >= 0.6 is 12.2 Å². The Labute approximate surface area is 78.7 Å². The fraction of sp³-hybridized carbons (Fsp3) is 1.00. The van der Waals surface area contributed by atoms with E-state index in [1.54, 1.807) is 0 Å². The first-order chi connectivity index (χ1) is 5.86. The quantitative estimate of drug-likeness (QED) is 0.294. The molecule has 0 aromatic rings. The molecule has 0 radical (unpaired) electrons. The highest BCUT2D eigenvalue weighted by Crippen LogP contribution is 2.24. The minimum absolute atomic E-state index is 0.921. The zero-order valence-corrected chi connectivity index (χ0v) is 8.60. The average Bonchev–Trinajstić information content (AvgIpc) is 2.15. The third-order valence-corrected chi connectivity index (χ3v) is 3.13. The maximum absolute atomic E-state index is 4.78. The van der Waals surface area contributed by atoms with Crippen molar-refractivity contribution in [2.75, 3.05) is 20.2 Å². The van der Waals surface area contributed by atoms with Gasteiger partial charge in [-0.2, -0.15) is 0 Å². The third-order valence-electron chi connectivity index (χ3n) is 2.35. The van der Waals surface area contributed by atoms with Crippen LogP contribution in [0.1, 0.15) is 26.2 Å². The number of hydrogen-bond donors (Lipinski definition) is 0. The van der Waals surface area contributed by atoms with Crippen LogP contribution in [-0.2, 0) is 9.22 Å². The summed E-state index contributed by atoms with van der Waals surface area (Å²) in [5.41, 5.74) is 0. The van der Waals surface area contributed by atoms with Gasteiger partial charge in [-0.3, -0.25) is 0 Å². The van der Waals surface area contributed by atoms with Gasteiger partial charge in [0.15, 0.2) is 0 Å². The molecule has 0 spiro atoms. The van der Waals surface area contributed by atoms with Crippen LogP contribution in [0.5, 0.6) is 0 Å². The van der Waals surface area contributed by atoms with E-state index in [4.69, 9.17) is 4.33 Å². The van der Waals surface area contributed by atoms with Crippen molar-refractivity contribution in [3.63, 3.8) is 0 Å². The summed E-state index contributed by atoms with van der Waals surface area (Å²) >= 11 is 1.32. The third kappa shape index (κ3) is 3.31. The van der Waals surface area contributed by atoms with Gasteiger partial charge >= 0.3 is 0 Å². The molecule has 0 bridgehead atoms. The Morgan fingerprint density at radius 1 is 1.42 bits per heavy atom. The lowest BCUT2D eigenvalue weighted by Crippen LogP contribution is -2.28. The number of nitrogens with zero attached hydrogens (tertiary/aromatic N) is 1. The Morgan fingerprint density at radius 2 is 2.08 bits per heavy atom. The second-order valence-electron chi connectivity index (χ2n) is 3.09. The first kappa shape index (κ1) is 10.3. The summed E-state index contributed by atoms with van der Waals surface area (Å²) in [6.45, 7) is 4.50. The standard InChI is InChI=1S/C8H17NO2S/c1-3-8-4-6-9(7-5-8)12-11-10-2/h8H,3-7H2,1-2H3. The molecular weight excluding hydrogens is 174 g/mol. The lowest BCUT2D eigenvalue weighted by Gasteiger charge is -2.28. The van der Waals surface area contributed by atoms with Gasteiger partial charge in [0.25, 0.3) is 0 Å². The predicted molar refractivity (Wildman–Crippen MR) is 50.3 cm³/mol. The molecule has 3 nitrogen and oxygen atoms in total. The highest BCUT2D eigenvalue weighted by atomic mass is 32.2. The maximum atomic E-state index is 4.78. The molecule has 0 aromatic carbocycles. The van der Waals surface area contributed by atoms with Crippen molar-refractivity contribution in [1.29, 1.82) is 0 Å². The first-order valence-electron chi connectivity index (χ1n) is 4.49. The minimum Gasteiger partial charge on any atom is -0.226 e. The maximum Gasteiger partial charge on any atom is 0.121 e. The van der Waals surface area contributed by atoms with E-state index in [0.29, 0.717) is 0 Å². The summed E-state index contributed by atoms with van der Waals surface area (Å²) in [4.78, 5) is 4.52. The fourth-order valence-corrected chi connectivity index (χ4v) is 1.97. The molecule has 0 saturated carbocycles. The van der Waals surface area contributed by atoms with Gasteiger partial charge in [0, 0.05) is 13.1 Å². The number of rotatable bonds is 4. The molecule has 1 rings (SSSR count). The van der Waals surface area contributed by atoms with Crippen molar-refractivity contribution in [2.45, 2.75) is 26.2 Å². The van der Waals surface area contributed by atoms with Crippen molar-refractivity contribution in [2.24, 2.45) is 5.92 Å². The van der Waals surface area contributed by atoms with Gasteiger partial charge in [0.05, 0.1) is 7.11 Å². The second kappa shape index (κ2) is 5.80. The second-order valence-corrected chi connectivity index (χ2v) is 3.89. The van der Waals surface area contributed by atoms with Gasteiger partial charge in [0.1, 0.15) is 12.2 Å². The number of piperidine rings is 1. The molecule has 0 unspecified atom stereocenters. The zero-order valence-electron chi connectivity index (χ0n) is 7.78. The Hall–Kier alpha value is 0.230. The van der Waals surface area contributed by atoms with Crippen LogP contribution in [0.15, 0.2) is 0 Å². The molecule has 1 aliphatic rings. The highest BCUT2D eigenvalue weighted by Gasteiger charge is 2.18. The largest absolute Gasteiger partial charge is 0.226 e. The van der Waals surface area contributed by atoms with Crippen LogP contribution in [0.2, 0.25) is 0 Å². The fourth-order valence-electron chi connectivity index (χ4n) is 1.47. The Bertz CT molecular complexity index is 116. The van der Waals surface area contributed by atoms with Crippen molar-refractivity contribution < 1.29 is 9.22 Å². The van der Waals surface area contributed by atoms with Crippen LogP contribution in [-0.4, -0.2) is 24.5 Å². The van der Waals surface area contributed by atoms with Gasteiger partial charge in [-0.25, -0.2) is 9.19 Å². The molecule has 4 heteroatoms. The monoisotopic (exact) mass is 191 g/mol. The lowest BCUT2D eigenvalue weighted by atomic mass is 9.96. The Morgan fingerprint density at radius 3 is 2.58 bits per heavy atom. The molecule has 0 atom stereocenters. The molecule has 72 valence electrons. The van der Waals surface area contributed by atoms with Crippen molar-refractivity contribution in [1.82, 2.24) is 4.31 Å². The van der Waals surface area contributed by atoms with E-state index in [0.717, 1.165) is 19.0 Å². The van der Waals surface area contributed by atoms with Gasteiger partial charge in [-0.1, -0.05) is 13.3 Å². The molecule has 1 heterocycles. The smallest absolute Gasteiger partial charge is 0.121 e. The summed E-state index contributed by atoms with van der Waals surface area (Å²) in [6.07, 6.45) is 3.89. The van der Waals surface area contributed by atoms with E-state index in [1.807, 2.05) is 0 Å². The summed E-state index contributed by atoms with van der Waals surface area (Å²) < 4.78 is 6.99. The van der Waals surface area contributed by atoms with Gasteiger partial charge in [0.2, 0.25) is 0 Å². The predicted octanol–water partition coefficient (Wildman–Crippen LogP) is 2.25. The average molecular weight is 191 g/mol. The summed E-state index contributed by atoms with van der Waals surface area (Å²) in [7, 11) is 1.53. The van der Waals surface area contributed by atoms with Crippen LogP contribution < -0.4 is 0 Å². The molecule has 1 aliphatic heterocycles. The molecule has 0 aliphatic carbocycles. The van der Waals surface area contributed by atoms with Gasteiger partial charge < -0.3 is 0 Å². The zero-order chi connectivity index (χ0) is 8.81. The Kier molecular flexibility index (Phi) is 4.99. The van der Waals surface area contributed by atoms with E-state index in [-0.39, 0.29) is 0 Å². The number of hydrogen-bond acceptors (Lipinski definition) is 4. The van der Waals surface area contributed by atoms with Crippen molar-refractivity contribution >= 4 is 12.2 Å². The van der Waals surface area contributed by atoms with E-state index in [9.17, 15) is 0 Å². The lowest BCUT2D eigenvalue weighted by molar-refractivity contribution is -0.163. The molecule has 0 aromatic heterocycles. The van der Waals surface area contributed by atoms with Gasteiger partial charge in [-0.15, -0.1) is 4.33 Å². The minimum atomic E-state index is 0.921. The van der Waals surface area contributed by atoms with E-state index in [2.05, 4.69) is 16.1 Å². The van der Waals surface area contributed by atoms with E-state index < -0.39 is 0 Å². The van der Waals surface area contributed by atoms with E-state index >= 15 is 0 Å². The molecule has 12 heavy (non-hydrogen) atoms. The normalized spacial score (nSPS) is 21.5.